The highest BCUT2D eigenvalue weighted by Crippen LogP contribution is 2.45. The van der Waals surface area contributed by atoms with Crippen LogP contribution >= 0.6 is 0 Å². The second-order valence-corrected chi connectivity index (χ2v) is 7.13. The third-order valence-electron chi connectivity index (χ3n) is 5.14. The van der Waals surface area contributed by atoms with Crippen molar-refractivity contribution in [1.29, 1.82) is 0 Å². The van der Waals surface area contributed by atoms with E-state index in [2.05, 4.69) is 65.7 Å². The maximum absolute atomic E-state index is 10.9. The summed E-state index contributed by atoms with van der Waals surface area (Å²) in [5.74, 6) is 5.31. The smallest absolute Gasteiger partial charge is 0.335 e. The topological polar surface area (TPSA) is 49.3 Å². The van der Waals surface area contributed by atoms with E-state index >= 15 is 0 Å². The van der Waals surface area contributed by atoms with Crippen LogP contribution in [0.3, 0.4) is 0 Å². The minimum Gasteiger partial charge on any atom is -0.478 e. The summed E-state index contributed by atoms with van der Waals surface area (Å²) in [4.78, 5) is 10.9. The van der Waals surface area contributed by atoms with Gasteiger partial charge in [-0.05, 0) is 60.4 Å². The van der Waals surface area contributed by atoms with Gasteiger partial charge in [-0.1, -0.05) is 54.3 Å². The second kappa shape index (κ2) is 7.72. The Balaban J connectivity index is 1.42. The second-order valence-electron chi connectivity index (χ2n) is 7.13. The zero-order chi connectivity index (χ0) is 19.4. The van der Waals surface area contributed by atoms with Crippen LogP contribution in [-0.4, -0.2) is 11.1 Å². The third kappa shape index (κ3) is 4.14. The molecule has 0 spiro atoms. The van der Waals surface area contributed by atoms with Crippen LogP contribution in [0.15, 0.2) is 78.9 Å². The van der Waals surface area contributed by atoms with E-state index in [1.54, 1.807) is 24.3 Å². The lowest BCUT2D eigenvalue weighted by molar-refractivity contribution is 0.0697. The molecule has 4 rings (SSSR count). The maximum Gasteiger partial charge on any atom is 0.335 e. The zero-order valence-corrected chi connectivity index (χ0v) is 15.5. The number of carboxylic acid groups (broad SMARTS) is 1. The number of hydrogen-bond donors (Lipinski definition) is 2. The Morgan fingerprint density at radius 1 is 0.857 bits per heavy atom. The summed E-state index contributed by atoms with van der Waals surface area (Å²) in [6.07, 6.45) is 2.31. The Morgan fingerprint density at radius 3 is 1.96 bits per heavy atom. The predicted molar refractivity (Wildman–Crippen MR) is 110 cm³/mol. The van der Waals surface area contributed by atoms with Crippen molar-refractivity contribution in [2.24, 2.45) is 0 Å². The van der Waals surface area contributed by atoms with Crippen LogP contribution in [0.25, 0.3) is 0 Å². The fourth-order valence-electron chi connectivity index (χ4n) is 3.27. The van der Waals surface area contributed by atoms with E-state index in [1.807, 2.05) is 6.07 Å². The number of carbonyl (C=O) groups is 1. The molecule has 0 saturated heterocycles. The van der Waals surface area contributed by atoms with Gasteiger partial charge >= 0.3 is 5.97 Å². The first-order valence-electron chi connectivity index (χ1n) is 9.40. The van der Waals surface area contributed by atoms with Gasteiger partial charge in [-0.15, -0.1) is 0 Å². The predicted octanol–water partition coefficient (Wildman–Crippen LogP) is 4.56. The molecule has 3 heteroatoms. The van der Waals surface area contributed by atoms with Crippen molar-refractivity contribution in [2.75, 3.05) is 0 Å². The number of hydrogen-bond acceptors (Lipinski definition) is 2. The van der Waals surface area contributed by atoms with Crippen molar-refractivity contribution >= 4 is 5.97 Å². The van der Waals surface area contributed by atoms with Crippen LogP contribution in [0.2, 0.25) is 0 Å². The average molecular weight is 367 g/mol. The van der Waals surface area contributed by atoms with Crippen molar-refractivity contribution in [1.82, 2.24) is 5.32 Å². The molecule has 1 aliphatic carbocycles. The van der Waals surface area contributed by atoms with Gasteiger partial charge in [0.2, 0.25) is 0 Å². The summed E-state index contributed by atoms with van der Waals surface area (Å²) >= 11 is 0. The summed E-state index contributed by atoms with van der Waals surface area (Å²) < 4.78 is 0. The van der Waals surface area contributed by atoms with Gasteiger partial charge in [-0.25, -0.2) is 4.79 Å². The lowest BCUT2D eigenvalue weighted by Crippen LogP contribution is -2.28. The number of rotatable bonds is 5. The van der Waals surface area contributed by atoms with Gasteiger partial charge in [0.05, 0.1) is 5.56 Å². The first kappa shape index (κ1) is 18.0. The Kier molecular flexibility index (Phi) is 4.97. The minimum atomic E-state index is -0.926. The van der Waals surface area contributed by atoms with Crippen LogP contribution in [-0.2, 0) is 12.1 Å². The number of carboxylic acids is 1. The van der Waals surface area contributed by atoms with Gasteiger partial charge in [0.1, 0.15) is 0 Å². The quantitative estimate of drug-likeness (QED) is 0.650. The highest BCUT2D eigenvalue weighted by Gasteiger charge is 2.43. The number of benzene rings is 3. The summed E-state index contributed by atoms with van der Waals surface area (Å²) in [7, 11) is 0. The fraction of sp³-hybridized carbons (Fsp3) is 0.160. The first-order valence-corrected chi connectivity index (χ1v) is 9.40. The van der Waals surface area contributed by atoms with Crippen molar-refractivity contribution in [3.05, 3.63) is 107 Å². The van der Waals surface area contributed by atoms with Crippen molar-refractivity contribution in [3.8, 4) is 11.8 Å². The molecule has 1 aliphatic rings. The van der Waals surface area contributed by atoms with Crippen LogP contribution in [0, 0.1) is 11.8 Å². The summed E-state index contributed by atoms with van der Waals surface area (Å²) in [5.41, 5.74) is 4.72. The van der Waals surface area contributed by atoms with Crippen LogP contribution in [0.4, 0.5) is 0 Å². The lowest BCUT2D eigenvalue weighted by atomic mass is 10.0. The molecule has 3 aromatic carbocycles. The molecule has 0 bridgehead atoms. The fourth-order valence-corrected chi connectivity index (χ4v) is 3.27. The van der Waals surface area contributed by atoms with Crippen molar-refractivity contribution in [2.45, 2.75) is 24.9 Å². The third-order valence-corrected chi connectivity index (χ3v) is 5.14. The Bertz CT molecular complexity index is 1020. The average Bonchev–Trinajstić information content (AvgIpc) is 3.53. The van der Waals surface area contributed by atoms with Gasteiger partial charge in [0, 0.05) is 23.2 Å². The van der Waals surface area contributed by atoms with Gasteiger partial charge < -0.3 is 10.4 Å². The first-order chi connectivity index (χ1) is 13.6. The molecule has 1 fully saturated rings. The maximum atomic E-state index is 10.9. The standard InChI is InChI=1S/C25H21NO2/c27-24(28)22-12-8-19(9-13-22)6-7-20-10-14-23(15-11-20)25(16-17-25)26-18-21-4-2-1-3-5-21/h1-5,8-15,26H,16-18H2,(H,27,28). The van der Waals surface area contributed by atoms with E-state index in [1.165, 1.54) is 11.1 Å². The summed E-state index contributed by atoms with van der Waals surface area (Å²) in [6.45, 7) is 0.870. The molecule has 28 heavy (non-hydrogen) atoms. The largest absolute Gasteiger partial charge is 0.478 e. The summed E-state index contributed by atoms with van der Waals surface area (Å²) in [5, 5.41) is 12.7. The SMILES string of the molecule is O=C(O)c1ccc(C#Cc2ccc(C3(NCc4ccccc4)CC3)cc2)cc1. The van der Waals surface area contributed by atoms with Crippen molar-refractivity contribution < 1.29 is 9.90 Å². The van der Waals surface area contributed by atoms with E-state index in [0.29, 0.717) is 0 Å². The van der Waals surface area contributed by atoms with Crippen molar-refractivity contribution in [3.63, 3.8) is 0 Å². The minimum absolute atomic E-state index is 0.0917. The van der Waals surface area contributed by atoms with Crippen LogP contribution in [0.1, 0.15) is 45.5 Å². The molecule has 3 nitrogen and oxygen atoms in total. The monoisotopic (exact) mass is 367 g/mol. The highest BCUT2D eigenvalue weighted by atomic mass is 16.4. The molecular formula is C25H21NO2. The summed E-state index contributed by atoms with van der Waals surface area (Å²) in [6, 6.07) is 25.5. The van der Waals surface area contributed by atoms with Gasteiger partial charge in [-0.3, -0.25) is 0 Å². The highest BCUT2D eigenvalue weighted by molar-refractivity contribution is 5.87. The van der Waals surface area contributed by atoms with Gasteiger partial charge in [0.25, 0.3) is 0 Å². The van der Waals surface area contributed by atoms with E-state index in [0.717, 1.165) is 30.5 Å². The molecule has 0 amide bonds. The molecule has 1 saturated carbocycles. The van der Waals surface area contributed by atoms with E-state index in [9.17, 15) is 4.79 Å². The lowest BCUT2D eigenvalue weighted by Gasteiger charge is -2.18. The number of aromatic carboxylic acids is 1. The molecule has 0 heterocycles. The number of nitrogens with one attached hydrogen (secondary N) is 1. The Labute approximate surface area is 165 Å². The van der Waals surface area contributed by atoms with Crippen LogP contribution in [0.5, 0.6) is 0 Å². The molecule has 0 unspecified atom stereocenters. The molecule has 138 valence electrons. The molecule has 0 atom stereocenters. The van der Waals surface area contributed by atoms with Gasteiger partial charge in [0.15, 0.2) is 0 Å². The molecule has 0 aliphatic heterocycles. The normalized spacial score (nSPS) is 14.0. The Hall–Kier alpha value is -3.35. The van der Waals surface area contributed by atoms with E-state index in [-0.39, 0.29) is 11.1 Å². The Morgan fingerprint density at radius 2 is 1.43 bits per heavy atom. The molecular weight excluding hydrogens is 346 g/mol. The van der Waals surface area contributed by atoms with E-state index in [4.69, 9.17) is 5.11 Å². The molecule has 2 N–H and O–H groups in total. The van der Waals surface area contributed by atoms with E-state index < -0.39 is 5.97 Å². The zero-order valence-electron chi connectivity index (χ0n) is 15.5. The molecule has 0 aromatic heterocycles. The molecule has 3 aromatic rings. The molecule has 0 radical (unpaired) electrons. The van der Waals surface area contributed by atoms with Gasteiger partial charge in [-0.2, -0.15) is 0 Å². The van der Waals surface area contributed by atoms with Crippen LogP contribution < -0.4 is 5.32 Å².